The Labute approximate surface area is 113 Å². The van der Waals surface area contributed by atoms with Gasteiger partial charge in [0.25, 0.3) is 0 Å². The fraction of sp³-hybridized carbons (Fsp3) is 0.333. The molecule has 0 atom stereocenters. The highest BCUT2D eigenvalue weighted by molar-refractivity contribution is 9.10. The van der Waals surface area contributed by atoms with Crippen LogP contribution >= 0.6 is 27.3 Å². The third kappa shape index (κ3) is 3.34. The summed E-state index contributed by atoms with van der Waals surface area (Å²) in [6, 6.07) is 8.10. The number of benzene rings is 1. The maximum Gasteiger partial charge on any atom is 0.148 e. The fourth-order valence-electron chi connectivity index (χ4n) is 1.51. The van der Waals surface area contributed by atoms with Crippen molar-refractivity contribution in [1.82, 2.24) is 15.5 Å². The van der Waals surface area contributed by atoms with Gasteiger partial charge in [0.05, 0.1) is 0 Å². The molecule has 0 radical (unpaired) electrons. The second-order valence-electron chi connectivity index (χ2n) is 3.69. The smallest absolute Gasteiger partial charge is 0.148 e. The Kier molecular flexibility index (Phi) is 4.65. The molecule has 0 aliphatic rings. The first-order valence-corrected chi connectivity index (χ1v) is 7.14. The molecule has 90 valence electrons. The average molecular weight is 312 g/mol. The van der Waals surface area contributed by atoms with E-state index in [1.54, 1.807) is 11.3 Å². The maximum absolute atomic E-state index is 4.24. The van der Waals surface area contributed by atoms with Crippen LogP contribution in [0.25, 0.3) is 10.6 Å². The summed E-state index contributed by atoms with van der Waals surface area (Å²) in [6.45, 7) is 1.02. The van der Waals surface area contributed by atoms with Crippen LogP contribution in [0.4, 0.5) is 0 Å². The van der Waals surface area contributed by atoms with Gasteiger partial charge in [-0.1, -0.05) is 45.5 Å². The molecule has 0 amide bonds. The number of hydrogen-bond acceptors (Lipinski definition) is 4. The lowest BCUT2D eigenvalue weighted by Gasteiger charge is -1.97. The number of nitrogens with zero attached hydrogens (tertiary/aromatic N) is 2. The number of hydrogen-bond donors (Lipinski definition) is 1. The van der Waals surface area contributed by atoms with Crippen LogP contribution in [0.3, 0.4) is 0 Å². The Hall–Kier alpha value is -0.780. The monoisotopic (exact) mass is 311 g/mol. The van der Waals surface area contributed by atoms with E-state index in [0.29, 0.717) is 0 Å². The van der Waals surface area contributed by atoms with Gasteiger partial charge < -0.3 is 5.32 Å². The van der Waals surface area contributed by atoms with Crippen molar-refractivity contribution in [3.05, 3.63) is 33.7 Å². The number of rotatable bonds is 5. The minimum absolute atomic E-state index is 0.983. The van der Waals surface area contributed by atoms with Crippen LogP contribution < -0.4 is 5.32 Å². The molecule has 2 aromatic rings. The van der Waals surface area contributed by atoms with Crippen LogP contribution in [0.2, 0.25) is 0 Å². The highest BCUT2D eigenvalue weighted by Gasteiger charge is 2.08. The molecular formula is C12H14BrN3S. The van der Waals surface area contributed by atoms with E-state index in [1.807, 2.05) is 25.2 Å². The summed E-state index contributed by atoms with van der Waals surface area (Å²) in [5, 5.41) is 13.7. The second-order valence-corrected chi connectivity index (χ2v) is 5.60. The summed E-state index contributed by atoms with van der Waals surface area (Å²) in [6.07, 6.45) is 2.09. The Balaban J connectivity index is 2.10. The van der Waals surface area contributed by atoms with E-state index in [-0.39, 0.29) is 0 Å². The van der Waals surface area contributed by atoms with Gasteiger partial charge in [-0.2, -0.15) is 0 Å². The van der Waals surface area contributed by atoms with Gasteiger partial charge in [0.1, 0.15) is 10.0 Å². The van der Waals surface area contributed by atoms with Gasteiger partial charge in [-0.25, -0.2) is 0 Å². The van der Waals surface area contributed by atoms with Gasteiger partial charge >= 0.3 is 0 Å². The minimum Gasteiger partial charge on any atom is -0.320 e. The molecule has 0 unspecified atom stereocenters. The predicted molar refractivity (Wildman–Crippen MR) is 75.3 cm³/mol. The lowest BCUT2D eigenvalue weighted by Crippen LogP contribution is -2.08. The van der Waals surface area contributed by atoms with Gasteiger partial charge in [0, 0.05) is 16.5 Å². The van der Waals surface area contributed by atoms with Crippen molar-refractivity contribution in [2.45, 2.75) is 12.8 Å². The number of aromatic nitrogens is 2. The van der Waals surface area contributed by atoms with Crippen molar-refractivity contribution < 1.29 is 0 Å². The highest BCUT2D eigenvalue weighted by Crippen LogP contribution is 2.30. The lowest BCUT2D eigenvalue weighted by atomic mass is 10.2. The van der Waals surface area contributed by atoms with Crippen LogP contribution in [0.1, 0.15) is 11.4 Å². The molecule has 0 aliphatic heterocycles. The molecule has 1 heterocycles. The fourth-order valence-corrected chi connectivity index (χ4v) is 3.04. The van der Waals surface area contributed by atoms with E-state index in [2.05, 4.69) is 37.5 Å². The summed E-state index contributed by atoms with van der Waals surface area (Å²) in [5.74, 6) is 0. The quantitative estimate of drug-likeness (QED) is 0.862. The van der Waals surface area contributed by atoms with Crippen LogP contribution in [0, 0.1) is 0 Å². The van der Waals surface area contributed by atoms with Crippen molar-refractivity contribution in [3.8, 4) is 10.6 Å². The van der Waals surface area contributed by atoms with E-state index in [1.165, 1.54) is 0 Å². The van der Waals surface area contributed by atoms with Crippen molar-refractivity contribution >= 4 is 27.3 Å². The third-order valence-electron chi connectivity index (χ3n) is 2.39. The molecule has 2 rings (SSSR count). The van der Waals surface area contributed by atoms with Gasteiger partial charge in [0.15, 0.2) is 0 Å². The summed E-state index contributed by atoms with van der Waals surface area (Å²) < 4.78 is 1.07. The number of nitrogens with one attached hydrogen (secondary N) is 1. The van der Waals surface area contributed by atoms with E-state index in [9.17, 15) is 0 Å². The van der Waals surface area contributed by atoms with Crippen molar-refractivity contribution in [2.24, 2.45) is 0 Å². The topological polar surface area (TPSA) is 37.8 Å². The Morgan fingerprint density at radius 2 is 2.12 bits per heavy atom. The van der Waals surface area contributed by atoms with Crippen LogP contribution in [-0.2, 0) is 6.42 Å². The molecule has 1 aromatic carbocycles. The van der Waals surface area contributed by atoms with Crippen molar-refractivity contribution in [1.29, 1.82) is 0 Å². The van der Waals surface area contributed by atoms with E-state index < -0.39 is 0 Å². The number of aryl methyl sites for hydroxylation is 1. The zero-order chi connectivity index (χ0) is 12.1. The van der Waals surface area contributed by atoms with E-state index >= 15 is 0 Å². The first-order chi connectivity index (χ1) is 8.31. The Morgan fingerprint density at radius 1 is 1.29 bits per heavy atom. The van der Waals surface area contributed by atoms with Crippen molar-refractivity contribution in [3.63, 3.8) is 0 Å². The van der Waals surface area contributed by atoms with Crippen LogP contribution in [-0.4, -0.2) is 23.8 Å². The standard InChI is InChI=1S/C12H14BrN3S/c1-14-8-4-7-11-15-16-12(17-11)9-5-2-3-6-10(9)13/h2-3,5-6,14H,4,7-8H2,1H3. The lowest BCUT2D eigenvalue weighted by molar-refractivity contribution is 0.718. The van der Waals surface area contributed by atoms with Crippen LogP contribution in [0.5, 0.6) is 0 Å². The predicted octanol–water partition coefficient (Wildman–Crippen LogP) is 3.12. The first kappa shape index (κ1) is 12.7. The Bertz CT molecular complexity index is 484. The normalized spacial score (nSPS) is 10.7. The molecule has 17 heavy (non-hydrogen) atoms. The van der Waals surface area contributed by atoms with Crippen LogP contribution in [0.15, 0.2) is 28.7 Å². The molecule has 3 nitrogen and oxygen atoms in total. The first-order valence-electron chi connectivity index (χ1n) is 5.53. The molecule has 0 saturated carbocycles. The summed E-state index contributed by atoms with van der Waals surface area (Å²) in [7, 11) is 1.96. The van der Waals surface area contributed by atoms with Gasteiger partial charge in [-0.3, -0.25) is 0 Å². The molecule has 0 fully saturated rings. The summed E-state index contributed by atoms with van der Waals surface area (Å²) >= 11 is 5.21. The van der Waals surface area contributed by atoms with Gasteiger partial charge in [0.2, 0.25) is 0 Å². The zero-order valence-electron chi connectivity index (χ0n) is 9.61. The van der Waals surface area contributed by atoms with E-state index in [0.717, 1.165) is 39.4 Å². The Morgan fingerprint density at radius 3 is 2.88 bits per heavy atom. The van der Waals surface area contributed by atoms with Gasteiger partial charge in [-0.15, -0.1) is 10.2 Å². The number of halogens is 1. The molecule has 0 aliphatic carbocycles. The van der Waals surface area contributed by atoms with E-state index in [4.69, 9.17) is 0 Å². The molecule has 1 aromatic heterocycles. The zero-order valence-corrected chi connectivity index (χ0v) is 12.0. The molecule has 5 heteroatoms. The second kappa shape index (κ2) is 6.23. The molecule has 0 spiro atoms. The minimum atomic E-state index is 0.983. The maximum atomic E-state index is 4.24. The molecular weight excluding hydrogens is 298 g/mol. The summed E-state index contributed by atoms with van der Waals surface area (Å²) in [4.78, 5) is 0. The highest BCUT2D eigenvalue weighted by atomic mass is 79.9. The van der Waals surface area contributed by atoms with Crippen molar-refractivity contribution in [2.75, 3.05) is 13.6 Å². The summed E-state index contributed by atoms with van der Waals surface area (Å²) in [5.41, 5.74) is 1.12. The average Bonchev–Trinajstić information content (AvgIpc) is 2.79. The largest absolute Gasteiger partial charge is 0.320 e. The third-order valence-corrected chi connectivity index (χ3v) is 4.10. The molecule has 0 bridgehead atoms. The molecule has 1 N–H and O–H groups in total. The van der Waals surface area contributed by atoms with Gasteiger partial charge in [-0.05, 0) is 26.1 Å². The SMILES string of the molecule is CNCCCc1nnc(-c2ccccc2Br)s1. The molecule has 0 saturated heterocycles.